The number of unbranched alkanes of at least 4 members (excludes halogenated alkanes) is 3. The van der Waals surface area contributed by atoms with Crippen molar-refractivity contribution < 1.29 is 14.3 Å². The number of ether oxygens (including phenoxy) is 1. The normalized spacial score (nSPS) is 10.4. The molecule has 0 aliphatic rings. The van der Waals surface area contributed by atoms with Gasteiger partial charge in [0.1, 0.15) is 0 Å². The smallest absolute Gasteiger partial charge is 0.307 e. The third kappa shape index (κ3) is 9.59. The van der Waals surface area contributed by atoms with Gasteiger partial charge >= 0.3 is 5.97 Å². The van der Waals surface area contributed by atoms with Gasteiger partial charge in [-0.15, -0.1) is 0 Å². The number of hydrogen-bond donors (Lipinski definition) is 0. The number of nitrogens with zero attached hydrogens (tertiary/aromatic N) is 1. The van der Waals surface area contributed by atoms with E-state index in [1.165, 1.54) is 12.5 Å². The van der Waals surface area contributed by atoms with E-state index in [1.54, 1.807) is 4.90 Å². The fraction of sp³-hybridized carbons (Fsp3) is 0.750. The third-order valence-electron chi connectivity index (χ3n) is 2.93. The Hall–Kier alpha value is -1.32. The van der Waals surface area contributed by atoms with Gasteiger partial charge in [-0.2, -0.15) is 0 Å². The summed E-state index contributed by atoms with van der Waals surface area (Å²) in [4.78, 5) is 24.9. The van der Waals surface area contributed by atoms with Crippen LogP contribution in [0.3, 0.4) is 0 Å². The van der Waals surface area contributed by atoms with E-state index in [1.807, 2.05) is 13.8 Å². The van der Waals surface area contributed by atoms with Crippen molar-refractivity contribution in [2.75, 3.05) is 19.7 Å². The highest BCUT2D eigenvalue weighted by atomic mass is 16.5. The molecule has 0 aromatic carbocycles. The molecule has 0 rings (SSSR count). The minimum absolute atomic E-state index is 0.113. The summed E-state index contributed by atoms with van der Waals surface area (Å²) < 4.78 is 5.11. The van der Waals surface area contributed by atoms with Crippen molar-refractivity contribution in [2.24, 2.45) is 5.92 Å². The molecular formula is C16H29NO3. The molecule has 0 saturated heterocycles. The molecule has 1 amide bonds. The minimum atomic E-state index is -0.242. The van der Waals surface area contributed by atoms with Gasteiger partial charge < -0.3 is 9.64 Å². The molecule has 0 N–H and O–H groups in total. The Bertz CT molecular complexity index is 300. The first-order chi connectivity index (χ1) is 9.51. The van der Waals surface area contributed by atoms with Crippen molar-refractivity contribution in [3.05, 3.63) is 12.7 Å². The summed E-state index contributed by atoms with van der Waals surface area (Å²) in [7, 11) is 0. The Labute approximate surface area is 123 Å². The maximum absolute atomic E-state index is 11.7. The van der Waals surface area contributed by atoms with Crippen LogP contribution >= 0.6 is 0 Å². The zero-order chi connectivity index (χ0) is 15.4. The van der Waals surface area contributed by atoms with Crippen molar-refractivity contribution in [1.82, 2.24) is 4.90 Å². The SMILES string of the molecule is C=CC(=O)N(CCCCCC)CCC(=O)OCC(C)C. The summed E-state index contributed by atoms with van der Waals surface area (Å²) in [6, 6.07) is 0. The monoisotopic (exact) mass is 283 g/mol. The number of esters is 1. The van der Waals surface area contributed by atoms with Crippen LogP contribution < -0.4 is 0 Å². The maximum Gasteiger partial charge on any atom is 0.307 e. The molecule has 116 valence electrons. The second-order valence-corrected chi connectivity index (χ2v) is 5.42. The van der Waals surface area contributed by atoms with E-state index >= 15 is 0 Å². The first-order valence-electron chi connectivity index (χ1n) is 7.58. The number of carbonyl (C=O) groups is 2. The molecule has 0 aromatic rings. The summed E-state index contributed by atoms with van der Waals surface area (Å²) >= 11 is 0. The molecule has 0 unspecified atom stereocenters. The Morgan fingerprint density at radius 1 is 1.20 bits per heavy atom. The Balaban J connectivity index is 4.06. The number of carbonyl (C=O) groups excluding carboxylic acids is 2. The van der Waals surface area contributed by atoms with Crippen LogP contribution in [0.5, 0.6) is 0 Å². The number of amides is 1. The fourth-order valence-electron chi connectivity index (χ4n) is 1.75. The van der Waals surface area contributed by atoms with E-state index in [-0.39, 0.29) is 18.3 Å². The number of hydrogen-bond acceptors (Lipinski definition) is 3. The van der Waals surface area contributed by atoms with Crippen LogP contribution in [0.1, 0.15) is 52.9 Å². The van der Waals surface area contributed by atoms with Crippen LogP contribution in [0.4, 0.5) is 0 Å². The molecular weight excluding hydrogens is 254 g/mol. The standard InChI is InChI=1S/C16H29NO3/c1-5-7-8-9-11-17(15(18)6-2)12-10-16(19)20-13-14(3)4/h6,14H,2,5,7-13H2,1,3-4H3. The van der Waals surface area contributed by atoms with Gasteiger partial charge in [0.05, 0.1) is 13.0 Å². The van der Waals surface area contributed by atoms with Crippen molar-refractivity contribution in [3.63, 3.8) is 0 Å². The van der Waals surface area contributed by atoms with Crippen LogP contribution in [0.25, 0.3) is 0 Å². The zero-order valence-electron chi connectivity index (χ0n) is 13.2. The molecule has 0 aliphatic heterocycles. The van der Waals surface area contributed by atoms with E-state index in [2.05, 4.69) is 13.5 Å². The largest absolute Gasteiger partial charge is 0.465 e. The molecule has 0 fully saturated rings. The maximum atomic E-state index is 11.7. The lowest BCUT2D eigenvalue weighted by Crippen LogP contribution is -2.33. The predicted molar refractivity (Wildman–Crippen MR) is 81.3 cm³/mol. The van der Waals surface area contributed by atoms with Gasteiger partial charge in [0.2, 0.25) is 5.91 Å². The fourth-order valence-corrected chi connectivity index (χ4v) is 1.75. The average Bonchev–Trinajstić information content (AvgIpc) is 2.43. The summed E-state index contributed by atoms with van der Waals surface area (Å²) in [6.45, 7) is 11.2. The molecule has 4 heteroatoms. The Kier molecular flexibility index (Phi) is 10.7. The molecule has 0 bridgehead atoms. The summed E-state index contributed by atoms with van der Waals surface area (Å²) in [5, 5.41) is 0. The highest BCUT2D eigenvalue weighted by Crippen LogP contribution is 2.04. The molecule has 0 aliphatic carbocycles. The van der Waals surface area contributed by atoms with Gasteiger partial charge in [0, 0.05) is 13.1 Å². The molecule has 4 nitrogen and oxygen atoms in total. The highest BCUT2D eigenvalue weighted by molar-refractivity contribution is 5.87. The predicted octanol–water partition coefficient (Wildman–Crippen LogP) is 3.17. The Morgan fingerprint density at radius 3 is 2.45 bits per heavy atom. The van der Waals surface area contributed by atoms with Gasteiger partial charge in [-0.05, 0) is 18.4 Å². The second kappa shape index (κ2) is 11.5. The van der Waals surface area contributed by atoms with E-state index in [0.29, 0.717) is 25.6 Å². The molecule has 0 atom stereocenters. The molecule has 0 aromatic heterocycles. The lowest BCUT2D eigenvalue weighted by molar-refractivity contribution is -0.145. The van der Waals surface area contributed by atoms with Gasteiger partial charge in [0.25, 0.3) is 0 Å². The summed E-state index contributed by atoms with van der Waals surface area (Å²) in [5.74, 6) is -0.0221. The summed E-state index contributed by atoms with van der Waals surface area (Å²) in [6.07, 6.45) is 5.96. The van der Waals surface area contributed by atoms with E-state index < -0.39 is 0 Å². The van der Waals surface area contributed by atoms with Crippen molar-refractivity contribution in [2.45, 2.75) is 52.9 Å². The summed E-state index contributed by atoms with van der Waals surface area (Å²) in [5.41, 5.74) is 0. The van der Waals surface area contributed by atoms with Gasteiger partial charge in [-0.3, -0.25) is 9.59 Å². The van der Waals surface area contributed by atoms with Crippen molar-refractivity contribution in [1.29, 1.82) is 0 Å². The van der Waals surface area contributed by atoms with E-state index in [0.717, 1.165) is 19.3 Å². The van der Waals surface area contributed by atoms with E-state index in [4.69, 9.17) is 4.74 Å². The van der Waals surface area contributed by atoms with Crippen molar-refractivity contribution in [3.8, 4) is 0 Å². The van der Waals surface area contributed by atoms with Gasteiger partial charge in [-0.25, -0.2) is 0 Å². The first kappa shape index (κ1) is 18.7. The van der Waals surface area contributed by atoms with Crippen LogP contribution in [0, 0.1) is 5.92 Å². The minimum Gasteiger partial charge on any atom is -0.465 e. The lowest BCUT2D eigenvalue weighted by atomic mass is 10.2. The average molecular weight is 283 g/mol. The third-order valence-corrected chi connectivity index (χ3v) is 2.93. The van der Waals surface area contributed by atoms with E-state index in [9.17, 15) is 9.59 Å². The van der Waals surface area contributed by atoms with Gasteiger partial charge in [0.15, 0.2) is 0 Å². The Morgan fingerprint density at radius 2 is 1.90 bits per heavy atom. The van der Waals surface area contributed by atoms with Crippen molar-refractivity contribution >= 4 is 11.9 Å². The second-order valence-electron chi connectivity index (χ2n) is 5.42. The molecule has 0 spiro atoms. The van der Waals surface area contributed by atoms with Crippen LogP contribution in [-0.4, -0.2) is 36.5 Å². The molecule has 0 saturated carbocycles. The highest BCUT2D eigenvalue weighted by Gasteiger charge is 2.13. The van der Waals surface area contributed by atoms with Crippen LogP contribution in [0.15, 0.2) is 12.7 Å². The topological polar surface area (TPSA) is 46.6 Å². The molecule has 0 radical (unpaired) electrons. The zero-order valence-corrected chi connectivity index (χ0v) is 13.2. The molecule has 20 heavy (non-hydrogen) atoms. The quantitative estimate of drug-likeness (QED) is 0.332. The number of rotatable bonds is 11. The van der Waals surface area contributed by atoms with Crippen LogP contribution in [-0.2, 0) is 14.3 Å². The lowest BCUT2D eigenvalue weighted by Gasteiger charge is -2.20. The molecule has 0 heterocycles. The first-order valence-corrected chi connectivity index (χ1v) is 7.58. The van der Waals surface area contributed by atoms with Gasteiger partial charge in [-0.1, -0.05) is 46.6 Å². The van der Waals surface area contributed by atoms with Crippen LogP contribution in [0.2, 0.25) is 0 Å².